The lowest BCUT2D eigenvalue weighted by atomic mass is 9.77. The quantitative estimate of drug-likeness (QED) is 0.424. The molecule has 0 fully saturated rings. The summed E-state index contributed by atoms with van der Waals surface area (Å²) in [5, 5.41) is 9.03. The van der Waals surface area contributed by atoms with E-state index in [2.05, 4.69) is 0 Å². The second kappa shape index (κ2) is 8.81. The van der Waals surface area contributed by atoms with E-state index in [1.807, 2.05) is 42.5 Å². The Hall–Kier alpha value is -3.33. The van der Waals surface area contributed by atoms with E-state index in [1.54, 1.807) is 12.1 Å². The number of aromatic carboxylic acids is 1. The monoisotopic (exact) mass is 441 g/mol. The van der Waals surface area contributed by atoms with Gasteiger partial charge in [-0.1, -0.05) is 60.7 Å². The maximum atomic E-state index is 12.3. The van der Waals surface area contributed by atoms with Crippen LogP contribution < -0.4 is 6.15 Å². The Kier molecular flexibility index (Phi) is 6.80. The molecule has 0 amide bonds. The molecule has 3 aromatic rings. The number of alkyl halides is 6. The molecule has 3 nitrogen and oxygen atoms in total. The van der Waals surface area contributed by atoms with Crippen LogP contribution in [-0.4, -0.2) is 17.3 Å². The first kappa shape index (κ1) is 23.9. The van der Waals surface area contributed by atoms with Gasteiger partial charge in [-0.3, -0.25) is 0 Å². The van der Waals surface area contributed by atoms with Crippen molar-refractivity contribution in [2.24, 2.45) is 0 Å². The highest BCUT2D eigenvalue weighted by Gasteiger charge is 2.51. The fourth-order valence-electron chi connectivity index (χ4n) is 3.25. The number of halogens is 6. The molecule has 0 heterocycles. The predicted octanol–water partition coefficient (Wildman–Crippen LogP) is 6.93. The van der Waals surface area contributed by atoms with Gasteiger partial charge in [0.05, 0.1) is 11.1 Å². The predicted molar refractivity (Wildman–Crippen MR) is 103 cm³/mol. The normalized spacial score (nSPS) is 14.5. The minimum Gasteiger partial charge on any atom is -0.478 e. The highest BCUT2D eigenvalue weighted by molar-refractivity contribution is 5.95. The topological polar surface area (TPSA) is 72.3 Å². The van der Waals surface area contributed by atoms with Gasteiger partial charge in [0.2, 0.25) is 0 Å². The third-order valence-corrected chi connectivity index (χ3v) is 4.59. The summed E-state index contributed by atoms with van der Waals surface area (Å²) in [6, 6.07) is 19.0. The number of rotatable bonds is 2. The van der Waals surface area contributed by atoms with Crippen molar-refractivity contribution in [2.75, 3.05) is 0 Å². The average molecular weight is 441 g/mol. The molecule has 0 saturated carbocycles. The molecule has 2 aliphatic rings. The lowest BCUT2D eigenvalue weighted by molar-refractivity contribution is -0.153. The number of hydrogen-bond donors (Lipinski definition) is 2. The maximum Gasteiger partial charge on any atom is 0.416 e. The van der Waals surface area contributed by atoms with E-state index in [9.17, 15) is 31.1 Å². The summed E-state index contributed by atoms with van der Waals surface area (Å²) in [4.78, 5) is 11.0. The van der Waals surface area contributed by atoms with Gasteiger partial charge in [-0.15, -0.1) is 0 Å². The summed E-state index contributed by atoms with van der Waals surface area (Å²) >= 11 is 0. The molecule has 164 valence electrons. The first-order valence-electron chi connectivity index (χ1n) is 8.65. The zero-order valence-electron chi connectivity index (χ0n) is 15.8. The van der Waals surface area contributed by atoms with Crippen molar-refractivity contribution < 1.29 is 36.2 Å². The number of hydrogen-bond acceptors (Lipinski definition) is 2. The van der Waals surface area contributed by atoms with Gasteiger partial charge in [0, 0.05) is 0 Å². The molecular formula is C22H17F6NO2. The van der Waals surface area contributed by atoms with E-state index in [0.29, 0.717) is 11.6 Å². The van der Waals surface area contributed by atoms with Crippen molar-refractivity contribution in [3.05, 3.63) is 95.1 Å². The molecule has 2 bridgehead atoms. The van der Waals surface area contributed by atoms with Crippen LogP contribution in [0.1, 0.15) is 33.0 Å². The van der Waals surface area contributed by atoms with Crippen LogP contribution in [0.15, 0.2) is 72.8 Å². The van der Waals surface area contributed by atoms with Crippen LogP contribution in [0, 0.1) is 0 Å². The first-order valence-corrected chi connectivity index (χ1v) is 8.65. The fraction of sp³-hybridized carbons (Fsp3) is 0.136. The Labute approximate surface area is 173 Å². The van der Waals surface area contributed by atoms with Crippen LogP contribution in [0.4, 0.5) is 26.3 Å². The molecule has 0 aromatic heterocycles. The van der Waals surface area contributed by atoms with Crippen molar-refractivity contribution in [1.82, 2.24) is 6.15 Å². The molecule has 0 aliphatic heterocycles. The second-order valence-electron chi connectivity index (χ2n) is 6.54. The summed E-state index contributed by atoms with van der Waals surface area (Å²) in [5.41, 5.74) is 0.0441. The van der Waals surface area contributed by atoms with Crippen LogP contribution in [0.5, 0.6) is 0 Å². The number of carboxylic acids is 1. The van der Waals surface area contributed by atoms with Gasteiger partial charge < -0.3 is 11.3 Å². The van der Waals surface area contributed by atoms with Gasteiger partial charge in [0.25, 0.3) is 0 Å². The van der Waals surface area contributed by atoms with Gasteiger partial charge in [-0.05, 0) is 34.4 Å². The van der Waals surface area contributed by atoms with Gasteiger partial charge in [-0.2, -0.15) is 26.3 Å². The molecule has 3 aromatic carbocycles. The molecule has 0 saturated heterocycles. The van der Waals surface area contributed by atoms with E-state index < -0.39 is 35.4 Å². The lowest BCUT2D eigenvalue weighted by Gasteiger charge is -2.32. The molecule has 9 heteroatoms. The lowest BCUT2D eigenvalue weighted by Crippen LogP contribution is -2.30. The van der Waals surface area contributed by atoms with Crippen LogP contribution in [-0.2, 0) is 6.18 Å². The summed E-state index contributed by atoms with van der Waals surface area (Å²) in [6.45, 7) is 0. The first-order chi connectivity index (χ1) is 14.0. The van der Waals surface area contributed by atoms with Gasteiger partial charge in [-0.25, -0.2) is 4.79 Å². The SMILES string of the molecule is FC(F)(F)c1ccc2cc1C2C(F)(F)F.N.O=C(O)c1ccccc1-c1ccccc1. The maximum absolute atomic E-state index is 12.3. The molecule has 4 N–H and O–H groups in total. The number of benzene rings is 3. The van der Waals surface area contributed by atoms with Crippen molar-refractivity contribution in [3.8, 4) is 11.1 Å². The van der Waals surface area contributed by atoms with Crippen LogP contribution >= 0.6 is 0 Å². The number of carboxylic acid groups (broad SMARTS) is 1. The molecule has 31 heavy (non-hydrogen) atoms. The highest BCUT2D eigenvalue weighted by Crippen LogP contribution is 2.51. The minimum absolute atomic E-state index is 0. The fourth-order valence-corrected chi connectivity index (χ4v) is 3.25. The Bertz CT molecular complexity index is 1060. The van der Waals surface area contributed by atoms with Gasteiger partial charge >= 0.3 is 18.3 Å². The van der Waals surface area contributed by atoms with Crippen molar-refractivity contribution in [1.29, 1.82) is 0 Å². The second-order valence-corrected chi connectivity index (χ2v) is 6.54. The summed E-state index contributed by atoms with van der Waals surface area (Å²) in [5.74, 6) is -2.95. The van der Waals surface area contributed by atoms with Gasteiger partial charge in [0.15, 0.2) is 0 Å². The van der Waals surface area contributed by atoms with E-state index >= 15 is 0 Å². The summed E-state index contributed by atoms with van der Waals surface area (Å²) in [6.07, 6.45) is -9.36. The average Bonchev–Trinajstić information content (AvgIpc) is 2.67. The minimum atomic E-state index is -4.72. The Balaban J connectivity index is 0.000000213. The van der Waals surface area contributed by atoms with Crippen molar-refractivity contribution in [2.45, 2.75) is 18.3 Å². The van der Waals surface area contributed by atoms with Crippen LogP contribution in [0.25, 0.3) is 11.1 Å². The molecule has 2 aliphatic carbocycles. The Morgan fingerprint density at radius 2 is 1.39 bits per heavy atom. The molecule has 1 atom stereocenters. The zero-order valence-corrected chi connectivity index (χ0v) is 15.8. The largest absolute Gasteiger partial charge is 0.478 e. The summed E-state index contributed by atoms with van der Waals surface area (Å²) < 4.78 is 73.7. The molecule has 0 spiro atoms. The van der Waals surface area contributed by atoms with E-state index in [-0.39, 0.29) is 11.7 Å². The van der Waals surface area contributed by atoms with E-state index in [0.717, 1.165) is 23.3 Å². The zero-order chi connectivity index (χ0) is 22.1. The van der Waals surface area contributed by atoms with Crippen molar-refractivity contribution >= 4 is 5.97 Å². The van der Waals surface area contributed by atoms with Crippen molar-refractivity contribution in [3.63, 3.8) is 0 Å². The molecular weight excluding hydrogens is 424 g/mol. The third kappa shape index (κ3) is 5.05. The third-order valence-electron chi connectivity index (χ3n) is 4.59. The van der Waals surface area contributed by atoms with E-state index in [1.165, 1.54) is 0 Å². The number of fused-ring (bicyclic) bond motifs is 2. The molecule has 0 radical (unpaired) electrons. The number of carbonyl (C=O) groups is 1. The van der Waals surface area contributed by atoms with Crippen LogP contribution in [0.2, 0.25) is 0 Å². The molecule has 5 rings (SSSR count). The highest BCUT2D eigenvalue weighted by atomic mass is 19.4. The van der Waals surface area contributed by atoms with Gasteiger partial charge in [0.1, 0.15) is 5.92 Å². The standard InChI is InChI=1S/C13H10O2.C9H4F6.H3N/c14-13(15)12-9-5-4-8-11(12)10-6-2-1-3-7-10;10-8(11,12)6-2-1-4-3-5(6)7(4)9(13,14)15;/h1-9H,(H,14,15);1-3,7H;1H3. The van der Waals surface area contributed by atoms with Crippen LogP contribution in [0.3, 0.4) is 0 Å². The van der Waals surface area contributed by atoms with E-state index in [4.69, 9.17) is 5.11 Å². The molecule has 1 unspecified atom stereocenters. The Morgan fingerprint density at radius 3 is 1.90 bits per heavy atom. The summed E-state index contributed by atoms with van der Waals surface area (Å²) in [7, 11) is 0. The Morgan fingerprint density at radius 1 is 0.806 bits per heavy atom. The smallest absolute Gasteiger partial charge is 0.416 e.